The second kappa shape index (κ2) is 54.2. The number of aliphatic hydroxyl groups excluding tert-OH is 1. The summed E-state index contributed by atoms with van der Waals surface area (Å²) in [6.07, 6.45) is 33.5. The SMILES string of the molecule is CCC(C)CCCCCCCCCCC(=O)O[C@H](COC(=O)CCCCCCCCC(C)C)COP(=O)(O)OC[C@H](O)COP(=O)(O)OC[C@@H](COC(=O)CCCCCCCCC(C)CC)OC(=O)CCCCCCCCCCC(C)CC. The highest BCUT2D eigenvalue weighted by Gasteiger charge is 2.30. The first-order chi connectivity index (χ1) is 39.7. The number of unbranched alkanes of at least 4 members (excludes halogenated alkanes) is 24. The quantitative estimate of drug-likeness (QED) is 0.0222. The van der Waals surface area contributed by atoms with Crippen LogP contribution in [0.4, 0.5) is 0 Å². The number of phosphoric ester groups is 2. The van der Waals surface area contributed by atoms with Gasteiger partial charge in [-0.3, -0.25) is 37.3 Å². The second-order valence-electron chi connectivity index (χ2n) is 24.4. The van der Waals surface area contributed by atoms with E-state index in [1.165, 1.54) is 96.3 Å². The van der Waals surface area contributed by atoms with Gasteiger partial charge in [-0.05, 0) is 49.4 Å². The summed E-state index contributed by atoms with van der Waals surface area (Å²) in [4.78, 5) is 72.2. The largest absolute Gasteiger partial charge is 0.472 e. The van der Waals surface area contributed by atoms with Crippen LogP contribution >= 0.6 is 15.6 Å². The van der Waals surface area contributed by atoms with Crippen LogP contribution in [0.3, 0.4) is 0 Å². The standard InChI is InChI=1S/C64H124O17P2/c1-9-55(6)41-33-25-16-12-14-18-30-38-46-63(68)80-59(50-74-61(66)44-36-28-22-20-24-32-40-54(4)5)52-78-82(70,71)76-48-58(65)49-77-83(72,73)79-53-60(51-75-62(67)45-37-29-23-21-27-35-43-57(8)11-3)81-64(69)47-39-31-19-15-13-17-26-34-42-56(7)10-2/h54-60,65H,9-53H2,1-8H3,(H,70,71)(H,72,73)/t55?,56?,57?,58-,59+,60+/m0/s1. The monoisotopic (exact) mass is 1230 g/mol. The molecule has 0 aliphatic heterocycles. The van der Waals surface area contributed by atoms with Crippen molar-refractivity contribution >= 4 is 39.5 Å². The Bertz CT molecular complexity index is 1670. The lowest BCUT2D eigenvalue weighted by Crippen LogP contribution is -2.30. The topological polar surface area (TPSA) is 237 Å². The molecule has 0 aromatic heterocycles. The highest BCUT2D eigenvalue weighted by molar-refractivity contribution is 7.47. The number of carbonyl (C=O) groups is 4. The summed E-state index contributed by atoms with van der Waals surface area (Å²) in [6.45, 7) is 14.0. The van der Waals surface area contributed by atoms with E-state index in [9.17, 15) is 43.2 Å². The molecule has 3 N–H and O–H groups in total. The van der Waals surface area contributed by atoms with Gasteiger partial charge in [-0.1, -0.05) is 254 Å². The minimum atomic E-state index is -4.95. The molecule has 0 aromatic carbocycles. The number of hydrogen-bond acceptors (Lipinski definition) is 15. The molecule has 0 bridgehead atoms. The van der Waals surface area contributed by atoms with Gasteiger partial charge in [0.25, 0.3) is 0 Å². The summed E-state index contributed by atoms with van der Waals surface area (Å²) in [6, 6.07) is 0. The molecule has 0 aliphatic carbocycles. The first-order valence-corrected chi connectivity index (χ1v) is 36.3. The molecule has 5 unspecified atom stereocenters. The zero-order chi connectivity index (χ0) is 61.8. The Morgan fingerprint density at radius 3 is 0.855 bits per heavy atom. The van der Waals surface area contributed by atoms with Crippen molar-refractivity contribution in [3.63, 3.8) is 0 Å². The van der Waals surface area contributed by atoms with E-state index >= 15 is 0 Å². The van der Waals surface area contributed by atoms with Crippen LogP contribution in [-0.4, -0.2) is 96.7 Å². The first-order valence-electron chi connectivity index (χ1n) is 33.3. The van der Waals surface area contributed by atoms with Gasteiger partial charge in [0.15, 0.2) is 12.2 Å². The summed E-state index contributed by atoms with van der Waals surface area (Å²) < 4.78 is 68.0. The maximum atomic E-state index is 13.0. The molecule has 0 aliphatic rings. The maximum Gasteiger partial charge on any atom is 0.472 e. The molecule has 492 valence electrons. The molecule has 0 rings (SSSR count). The summed E-state index contributed by atoms with van der Waals surface area (Å²) in [5, 5.41) is 10.5. The molecule has 19 heteroatoms. The number of hydrogen-bond donors (Lipinski definition) is 3. The van der Waals surface area contributed by atoms with E-state index in [1.807, 2.05) is 0 Å². The molecule has 8 atom stereocenters. The maximum absolute atomic E-state index is 13.0. The van der Waals surface area contributed by atoms with E-state index in [4.69, 9.17) is 37.0 Å². The van der Waals surface area contributed by atoms with Crippen molar-refractivity contribution in [1.82, 2.24) is 0 Å². The average Bonchev–Trinajstić information content (AvgIpc) is 3.46. The smallest absolute Gasteiger partial charge is 0.462 e. The van der Waals surface area contributed by atoms with Crippen LogP contribution in [0.15, 0.2) is 0 Å². The fraction of sp³-hybridized carbons (Fsp3) is 0.938. The first kappa shape index (κ1) is 81.1. The number of ether oxygens (including phenoxy) is 4. The second-order valence-corrected chi connectivity index (χ2v) is 27.3. The minimum absolute atomic E-state index is 0.103. The molecule has 0 saturated carbocycles. The lowest BCUT2D eigenvalue weighted by atomic mass is 9.99. The third-order valence-corrected chi connectivity index (χ3v) is 17.6. The summed E-state index contributed by atoms with van der Waals surface area (Å²) >= 11 is 0. The highest BCUT2D eigenvalue weighted by atomic mass is 31.2. The molecular formula is C64H124O17P2. The van der Waals surface area contributed by atoms with E-state index in [0.29, 0.717) is 31.6 Å². The number of carbonyl (C=O) groups excluding carboxylic acids is 4. The molecule has 83 heavy (non-hydrogen) atoms. The number of rotatable bonds is 61. The predicted octanol–water partition coefficient (Wildman–Crippen LogP) is 17.4. The van der Waals surface area contributed by atoms with Crippen LogP contribution in [0.2, 0.25) is 0 Å². The van der Waals surface area contributed by atoms with Crippen molar-refractivity contribution in [2.75, 3.05) is 39.6 Å². The molecule has 0 saturated heterocycles. The third-order valence-electron chi connectivity index (χ3n) is 15.7. The Morgan fingerprint density at radius 2 is 0.578 bits per heavy atom. The fourth-order valence-electron chi connectivity index (χ4n) is 9.33. The number of aliphatic hydroxyl groups is 1. The number of esters is 4. The van der Waals surface area contributed by atoms with Crippen molar-refractivity contribution in [2.24, 2.45) is 23.7 Å². The van der Waals surface area contributed by atoms with Crippen LogP contribution in [0.25, 0.3) is 0 Å². The molecule has 0 spiro atoms. The van der Waals surface area contributed by atoms with E-state index in [0.717, 1.165) is 120 Å². The Hall–Kier alpha value is -1.94. The summed E-state index contributed by atoms with van der Waals surface area (Å²) in [5.41, 5.74) is 0. The predicted molar refractivity (Wildman–Crippen MR) is 331 cm³/mol. The van der Waals surface area contributed by atoms with Crippen LogP contribution in [-0.2, 0) is 65.4 Å². The summed E-state index contributed by atoms with van der Waals surface area (Å²) in [5.74, 6) is 0.806. The van der Waals surface area contributed by atoms with Crippen molar-refractivity contribution < 1.29 is 80.2 Å². The van der Waals surface area contributed by atoms with Gasteiger partial charge in [0, 0.05) is 25.7 Å². The zero-order valence-corrected chi connectivity index (χ0v) is 55.6. The van der Waals surface area contributed by atoms with Gasteiger partial charge in [-0.25, -0.2) is 9.13 Å². The van der Waals surface area contributed by atoms with Gasteiger partial charge >= 0.3 is 39.5 Å². The van der Waals surface area contributed by atoms with E-state index < -0.39 is 97.5 Å². The fourth-order valence-corrected chi connectivity index (χ4v) is 10.9. The third kappa shape index (κ3) is 55.1. The van der Waals surface area contributed by atoms with E-state index in [1.54, 1.807) is 0 Å². The van der Waals surface area contributed by atoms with Crippen molar-refractivity contribution in [2.45, 2.75) is 324 Å². The van der Waals surface area contributed by atoms with Gasteiger partial charge < -0.3 is 33.8 Å². The minimum Gasteiger partial charge on any atom is -0.462 e. The molecule has 0 aromatic rings. The highest BCUT2D eigenvalue weighted by Crippen LogP contribution is 2.45. The molecule has 0 amide bonds. The van der Waals surface area contributed by atoms with Gasteiger partial charge in [0.1, 0.15) is 19.3 Å². The van der Waals surface area contributed by atoms with Gasteiger partial charge in [-0.15, -0.1) is 0 Å². The lowest BCUT2D eigenvalue weighted by Gasteiger charge is -2.21. The molecule has 0 heterocycles. The Morgan fingerprint density at radius 1 is 0.337 bits per heavy atom. The van der Waals surface area contributed by atoms with Crippen LogP contribution in [0.1, 0.15) is 306 Å². The van der Waals surface area contributed by atoms with Gasteiger partial charge in [0.2, 0.25) is 0 Å². The van der Waals surface area contributed by atoms with Crippen molar-refractivity contribution in [3.05, 3.63) is 0 Å². The molecule has 0 fully saturated rings. The molecular weight excluding hydrogens is 1100 g/mol. The normalized spacial score (nSPS) is 15.4. The Balaban J connectivity index is 5.27. The van der Waals surface area contributed by atoms with Crippen LogP contribution < -0.4 is 0 Å². The van der Waals surface area contributed by atoms with E-state index in [-0.39, 0.29) is 25.7 Å². The lowest BCUT2D eigenvalue weighted by molar-refractivity contribution is -0.161. The van der Waals surface area contributed by atoms with Crippen LogP contribution in [0.5, 0.6) is 0 Å². The summed E-state index contributed by atoms with van der Waals surface area (Å²) in [7, 11) is -9.89. The average molecular weight is 1230 g/mol. The van der Waals surface area contributed by atoms with Gasteiger partial charge in [0.05, 0.1) is 26.4 Å². The Kier molecular flexibility index (Phi) is 53.0. The van der Waals surface area contributed by atoms with Crippen LogP contribution in [0, 0.1) is 23.7 Å². The van der Waals surface area contributed by atoms with Gasteiger partial charge in [-0.2, -0.15) is 0 Å². The zero-order valence-electron chi connectivity index (χ0n) is 53.8. The molecule has 0 radical (unpaired) electrons. The number of phosphoric acid groups is 2. The van der Waals surface area contributed by atoms with E-state index in [2.05, 4.69) is 55.4 Å². The van der Waals surface area contributed by atoms with Crippen molar-refractivity contribution in [1.29, 1.82) is 0 Å². The van der Waals surface area contributed by atoms with Crippen molar-refractivity contribution in [3.8, 4) is 0 Å². The Labute approximate surface area is 505 Å². The molecule has 17 nitrogen and oxygen atoms in total.